The van der Waals surface area contributed by atoms with Crippen molar-refractivity contribution in [1.82, 2.24) is 20.6 Å². The number of nitrogen functional groups attached to an aromatic ring is 1. The molecule has 9 nitrogen and oxygen atoms in total. The molecule has 2 unspecified atom stereocenters. The molecule has 36 heavy (non-hydrogen) atoms. The lowest BCUT2D eigenvalue weighted by molar-refractivity contribution is 0.0940. The Morgan fingerprint density at radius 2 is 1.94 bits per heavy atom. The zero-order valence-corrected chi connectivity index (χ0v) is 21.8. The molecule has 0 aliphatic carbocycles. The van der Waals surface area contributed by atoms with Crippen molar-refractivity contribution in [2.45, 2.75) is 52.7 Å². The number of benzene rings is 2. The van der Waals surface area contributed by atoms with Crippen LogP contribution in [0.3, 0.4) is 0 Å². The van der Waals surface area contributed by atoms with E-state index < -0.39 is 0 Å². The second-order valence-corrected chi connectivity index (χ2v) is 9.89. The van der Waals surface area contributed by atoms with Gasteiger partial charge in [-0.15, -0.1) is 0 Å². The van der Waals surface area contributed by atoms with Crippen molar-refractivity contribution < 1.29 is 9.90 Å². The number of carbonyl (C=O) groups excluding carboxylic acids is 1. The van der Waals surface area contributed by atoms with Gasteiger partial charge in [-0.05, 0) is 58.9 Å². The monoisotopic (exact) mass is 489 g/mol. The Bertz CT molecular complexity index is 1330. The number of amides is 1. The molecular weight excluding hydrogens is 454 g/mol. The predicted octanol–water partition coefficient (Wildman–Crippen LogP) is 3.27. The highest BCUT2D eigenvalue weighted by atomic mass is 16.3. The van der Waals surface area contributed by atoms with Gasteiger partial charge in [-0.1, -0.05) is 0 Å². The highest BCUT2D eigenvalue weighted by molar-refractivity contribution is 6.06. The van der Waals surface area contributed by atoms with Crippen molar-refractivity contribution in [3.05, 3.63) is 41.1 Å². The quantitative estimate of drug-likeness (QED) is 0.320. The Balaban J connectivity index is 1.91. The summed E-state index contributed by atoms with van der Waals surface area (Å²) in [7, 11) is 1.65. The van der Waals surface area contributed by atoms with Crippen molar-refractivity contribution in [2.75, 3.05) is 30.8 Å². The molecule has 190 valence electrons. The Morgan fingerprint density at radius 1 is 1.25 bits per heavy atom. The molecule has 2 aromatic carbocycles. The second-order valence-electron chi connectivity index (χ2n) is 9.89. The van der Waals surface area contributed by atoms with Crippen LogP contribution in [0.2, 0.25) is 0 Å². The lowest BCUT2D eigenvalue weighted by Gasteiger charge is -2.37. The fourth-order valence-electron chi connectivity index (χ4n) is 4.74. The van der Waals surface area contributed by atoms with Gasteiger partial charge < -0.3 is 26.4 Å². The fraction of sp³-hybridized carbons (Fsp3) is 0.407. The third-order valence-electron chi connectivity index (χ3n) is 6.37. The molecule has 1 aromatic heterocycles. The van der Waals surface area contributed by atoms with E-state index in [-0.39, 0.29) is 29.2 Å². The lowest BCUT2D eigenvalue weighted by atomic mass is 10.0. The maximum atomic E-state index is 13.3. The average molecular weight is 490 g/mol. The number of nitrogens with zero attached hydrogens (tertiary/aromatic N) is 4. The summed E-state index contributed by atoms with van der Waals surface area (Å²) < 4.78 is 0. The van der Waals surface area contributed by atoms with Gasteiger partial charge in [-0.2, -0.15) is 0 Å². The summed E-state index contributed by atoms with van der Waals surface area (Å²) in [6, 6.07) is 8.26. The number of nitrogens with one attached hydrogen (secondary N) is 2. The average Bonchev–Trinajstić information content (AvgIpc) is 2.82. The molecule has 0 radical (unpaired) electrons. The molecule has 1 amide bonds. The third-order valence-corrected chi connectivity index (χ3v) is 6.37. The summed E-state index contributed by atoms with van der Waals surface area (Å²) in [5.41, 5.74) is 10.1. The summed E-state index contributed by atoms with van der Waals surface area (Å²) in [5, 5.41) is 18.1. The summed E-state index contributed by atoms with van der Waals surface area (Å²) in [6.07, 6.45) is 1.63. The molecule has 2 atom stereocenters. The smallest absolute Gasteiger partial charge is 0.270 e. The van der Waals surface area contributed by atoms with Crippen molar-refractivity contribution in [2.24, 2.45) is 4.99 Å². The number of aliphatic imine (C=N–C) groups is 1. The standard InChI is InChI=1S/C27H35N7O2/c1-14(2)30-27(36)24-20-10-19(34-12-15(3)31-16(4)13-34)7-8-22(20)32-26(33-24)21-9-18(11-29-6)23(28)17(5)25(21)35/h7-11,14-16,31,35H,12-13,28H2,1-6H3,(H,30,36). The summed E-state index contributed by atoms with van der Waals surface area (Å²) in [5.74, 6) is -0.0597. The first kappa shape index (κ1) is 25.4. The normalized spacial score (nSPS) is 18.4. The fourth-order valence-corrected chi connectivity index (χ4v) is 4.74. The summed E-state index contributed by atoms with van der Waals surface area (Å²) >= 11 is 0. The van der Waals surface area contributed by atoms with E-state index in [0.717, 1.165) is 18.8 Å². The maximum absolute atomic E-state index is 13.3. The molecule has 0 spiro atoms. The van der Waals surface area contributed by atoms with Gasteiger partial charge in [0.05, 0.1) is 11.1 Å². The second kappa shape index (κ2) is 10.1. The number of nitrogens with two attached hydrogens (primary N) is 1. The third kappa shape index (κ3) is 4.97. The van der Waals surface area contributed by atoms with Gasteiger partial charge in [0, 0.05) is 72.4 Å². The van der Waals surface area contributed by atoms with Crippen LogP contribution in [0, 0.1) is 6.92 Å². The largest absolute Gasteiger partial charge is 0.507 e. The first-order chi connectivity index (χ1) is 17.1. The van der Waals surface area contributed by atoms with E-state index in [1.165, 1.54) is 0 Å². The van der Waals surface area contributed by atoms with Crippen LogP contribution in [0.5, 0.6) is 5.75 Å². The van der Waals surface area contributed by atoms with Crippen molar-refractivity contribution in [3.63, 3.8) is 0 Å². The van der Waals surface area contributed by atoms with E-state index in [0.29, 0.717) is 45.4 Å². The maximum Gasteiger partial charge on any atom is 0.270 e. The van der Waals surface area contributed by atoms with Crippen LogP contribution in [0.1, 0.15) is 49.3 Å². The van der Waals surface area contributed by atoms with Crippen LogP contribution in [0.4, 0.5) is 11.4 Å². The summed E-state index contributed by atoms with van der Waals surface area (Å²) in [6.45, 7) is 11.6. The minimum Gasteiger partial charge on any atom is -0.507 e. The van der Waals surface area contributed by atoms with E-state index in [4.69, 9.17) is 10.7 Å². The number of hydrogen-bond acceptors (Lipinski definition) is 8. The number of hydrogen-bond donors (Lipinski definition) is 4. The van der Waals surface area contributed by atoms with Gasteiger partial charge in [-0.25, -0.2) is 9.97 Å². The Labute approximate surface area is 211 Å². The predicted molar refractivity (Wildman–Crippen MR) is 146 cm³/mol. The Hall–Kier alpha value is -3.72. The van der Waals surface area contributed by atoms with Crippen molar-refractivity contribution in [1.29, 1.82) is 0 Å². The molecule has 5 N–H and O–H groups in total. The van der Waals surface area contributed by atoms with Crippen LogP contribution in [0.25, 0.3) is 22.3 Å². The zero-order valence-electron chi connectivity index (χ0n) is 21.8. The molecule has 2 heterocycles. The molecule has 9 heteroatoms. The van der Waals surface area contributed by atoms with Crippen molar-refractivity contribution >= 4 is 34.4 Å². The van der Waals surface area contributed by atoms with E-state index >= 15 is 0 Å². The van der Waals surface area contributed by atoms with Crippen LogP contribution in [0.15, 0.2) is 29.3 Å². The minimum absolute atomic E-state index is 0.0178. The number of anilines is 2. The van der Waals surface area contributed by atoms with Gasteiger partial charge in [0.2, 0.25) is 0 Å². The molecule has 1 aliphatic heterocycles. The molecule has 0 saturated carbocycles. The minimum atomic E-state index is -0.292. The number of phenols is 1. The van der Waals surface area contributed by atoms with Gasteiger partial charge in [0.15, 0.2) is 5.82 Å². The number of piperazine rings is 1. The topological polar surface area (TPSA) is 129 Å². The van der Waals surface area contributed by atoms with Gasteiger partial charge in [0.25, 0.3) is 5.91 Å². The molecule has 1 saturated heterocycles. The van der Waals surface area contributed by atoms with Crippen molar-refractivity contribution in [3.8, 4) is 17.1 Å². The Kier molecular flexibility index (Phi) is 7.12. The Morgan fingerprint density at radius 3 is 2.58 bits per heavy atom. The number of rotatable bonds is 5. The van der Waals surface area contributed by atoms with Gasteiger partial charge >= 0.3 is 0 Å². The van der Waals surface area contributed by atoms with E-state index in [2.05, 4.69) is 39.4 Å². The molecule has 1 aliphatic rings. The van der Waals surface area contributed by atoms with Gasteiger partial charge in [-0.3, -0.25) is 9.79 Å². The summed E-state index contributed by atoms with van der Waals surface area (Å²) in [4.78, 5) is 29.1. The first-order valence-corrected chi connectivity index (χ1v) is 12.3. The lowest BCUT2D eigenvalue weighted by Crippen LogP contribution is -2.54. The number of carbonyl (C=O) groups is 1. The number of aromatic nitrogens is 2. The first-order valence-electron chi connectivity index (χ1n) is 12.3. The highest BCUT2D eigenvalue weighted by Crippen LogP contribution is 2.36. The molecular formula is C27H35N7O2. The van der Waals surface area contributed by atoms with E-state index in [1.54, 1.807) is 26.3 Å². The van der Waals surface area contributed by atoms with Crippen LogP contribution >= 0.6 is 0 Å². The van der Waals surface area contributed by atoms with Crippen LogP contribution < -0.4 is 21.3 Å². The number of fused-ring (bicyclic) bond motifs is 1. The SMILES string of the molecule is CN=Cc1cc(-c2nc(C(=O)NC(C)C)c3cc(N4CC(C)NC(C)C4)ccc3n2)c(O)c(C)c1N. The van der Waals surface area contributed by atoms with E-state index in [9.17, 15) is 9.90 Å². The molecule has 0 bridgehead atoms. The van der Waals surface area contributed by atoms with Crippen LogP contribution in [-0.4, -0.2) is 65.5 Å². The van der Waals surface area contributed by atoms with E-state index in [1.807, 2.05) is 32.0 Å². The van der Waals surface area contributed by atoms with Crippen LogP contribution in [-0.2, 0) is 0 Å². The zero-order chi connectivity index (χ0) is 26.1. The molecule has 4 rings (SSSR count). The van der Waals surface area contributed by atoms with Gasteiger partial charge in [0.1, 0.15) is 11.4 Å². The number of phenolic OH excluding ortho intramolecular Hbond substituents is 1. The number of aromatic hydroxyl groups is 1. The molecule has 1 fully saturated rings. The molecule has 3 aromatic rings. The highest BCUT2D eigenvalue weighted by Gasteiger charge is 2.24.